The van der Waals surface area contributed by atoms with Crippen LogP contribution in [0, 0.1) is 22.7 Å². The average molecular weight is 226 g/mol. The molecule has 0 spiro atoms. The molecule has 0 radical (unpaired) electrons. The Labute approximate surface area is 95.8 Å². The molecule has 1 aromatic rings. The molecule has 0 aromatic heterocycles. The van der Waals surface area contributed by atoms with Gasteiger partial charge in [0.15, 0.2) is 0 Å². The number of hydrogen-bond donors (Lipinski definition) is 1. The molecular weight excluding hydrogens is 220 g/mol. The quantitative estimate of drug-likeness (QED) is 0.694. The Bertz CT molecular complexity index is 724. The predicted molar refractivity (Wildman–Crippen MR) is 54.2 cm³/mol. The third-order valence-corrected chi connectivity index (χ3v) is 2.41. The van der Waals surface area contributed by atoms with Crippen molar-refractivity contribution in [3.63, 3.8) is 0 Å². The Morgan fingerprint density at radius 1 is 1.35 bits per heavy atom. The van der Waals surface area contributed by atoms with Crippen LogP contribution in [0.4, 0.5) is 0 Å². The smallest absolute Gasteiger partial charge is 0.354 e. The van der Waals surface area contributed by atoms with Crippen LogP contribution in [-0.4, -0.2) is 16.7 Å². The van der Waals surface area contributed by atoms with Gasteiger partial charge in [-0.05, 0) is 19.1 Å². The van der Waals surface area contributed by atoms with Gasteiger partial charge >= 0.3 is 5.97 Å². The number of carboxylic acids is 1. The van der Waals surface area contributed by atoms with Gasteiger partial charge in [-0.1, -0.05) is 0 Å². The molecule has 6 heteroatoms. The molecule has 0 saturated carbocycles. The number of nitriles is 2. The number of hydrogen-bond acceptors (Lipinski definition) is 5. The molecule has 0 bridgehead atoms. The third-order valence-electron chi connectivity index (χ3n) is 2.41. The van der Waals surface area contributed by atoms with Crippen LogP contribution in [0.2, 0.25) is 0 Å². The molecule has 1 aliphatic rings. The van der Waals surface area contributed by atoms with Gasteiger partial charge in [0.25, 0.3) is 0 Å². The van der Waals surface area contributed by atoms with E-state index in [-0.39, 0.29) is 21.8 Å². The van der Waals surface area contributed by atoms with Crippen LogP contribution in [0.15, 0.2) is 22.1 Å². The Kier molecular flexibility index (Phi) is 2.15. The molecule has 17 heavy (non-hydrogen) atoms. The first-order chi connectivity index (χ1) is 8.00. The lowest BCUT2D eigenvalue weighted by atomic mass is 10.1. The second kappa shape index (κ2) is 3.39. The number of nitrogens with zero attached hydrogens (tertiary/aromatic N) is 4. The fraction of sp³-hybridized carbons (Fsp3) is 0.182. The van der Waals surface area contributed by atoms with E-state index < -0.39 is 11.6 Å². The summed E-state index contributed by atoms with van der Waals surface area (Å²) in [4.78, 5) is 18.9. The van der Waals surface area contributed by atoms with Gasteiger partial charge < -0.3 is 5.11 Å². The molecule has 1 atom stereocenters. The van der Waals surface area contributed by atoms with Crippen LogP contribution in [0.1, 0.15) is 18.1 Å². The molecule has 1 heterocycles. The highest BCUT2D eigenvalue weighted by Crippen LogP contribution is 2.13. The molecule has 1 unspecified atom stereocenters. The van der Waals surface area contributed by atoms with Crippen LogP contribution in [0.25, 0.3) is 0 Å². The Morgan fingerprint density at radius 3 is 2.59 bits per heavy atom. The van der Waals surface area contributed by atoms with E-state index >= 15 is 0 Å². The molecule has 0 amide bonds. The number of rotatable bonds is 1. The van der Waals surface area contributed by atoms with Gasteiger partial charge in [0.1, 0.15) is 11.4 Å². The first kappa shape index (κ1) is 10.8. The van der Waals surface area contributed by atoms with Crippen LogP contribution in [0.3, 0.4) is 0 Å². The number of carbonyl (C=O) groups is 1. The summed E-state index contributed by atoms with van der Waals surface area (Å²) in [6.45, 7) is 1.34. The summed E-state index contributed by atoms with van der Waals surface area (Å²) < 4.78 is 0. The van der Waals surface area contributed by atoms with Crippen LogP contribution in [-0.2, 0) is 4.79 Å². The standard InChI is InChI=1S/C11H6N4O2/c1-11(10(16)17)14-8-3-6(4-12)2-7(5-13)9(8)15-11/h2-3H,1H3,(H,16,17). The monoisotopic (exact) mass is 226 g/mol. The Morgan fingerprint density at radius 2 is 2.06 bits per heavy atom. The maximum Gasteiger partial charge on any atom is 0.354 e. The highest BCUT2D eigenvalue weighted by molar-refractivity contribution is 5.78. The van der Waals surface area contributed by atoms with Gasteiger partial charge in [-0.2, -0.15) is 10.5 Å². The van der Waals surface area contributed by atoms with Gasteiger partial charge in [-0.15, -0.1) is 0 Å². The molecule has 0 aliphatic carbocycles. The molecule has 0 saturated heterocycles. The molecule has 82 valence electrons. The van der Waals surface area contributed by atoms with Crippen molar-refractivity contribution in [3.05, 3.63) is 34.0 Å². The van der Waals surface area contributed by atoms with Crippen molar-refractivity contribution in [1.82, 2.24) is 0 Å². The van der Waals surface area contributed by atoms with E-state index in [9.17, 15) is 4.79 Å². The number of aliphatic carboxylic acids is 1. The first-order valence-corrected chi connectivity index (χ1v) is 4.67. The molecule has 1 N–H and O–H groups in total. The van der Waals surface area contributed by atoms with Crippen molar-refractivity contribution in [2.75, 3.05) is 0 Å². The zero-order valence-electron chi connectivity index (χ0n) is 8.80. The van der Waals surface area contributed by atoms with Crippen LogP contribution in [0.5, 0.6) is 0 Å². The van der Waals surface area contributed by atoms with Crippen molar-refractivity contribution >= 4 is 5.97 Å². The summed E-state index contributed by atoms with van der Waals surface area (Å²) >= 11 is 0. The minimum absolute atomic E-state index is 0.160. The highest BCUT2D eigenvalue weighted by atomic mass is 16.4. The third kappa shape index (κ3) is 1.52. The number of carboxylic acid groups (broad SMARTS) is 1. The van der Waals surface area contributed by atoms with E-state index in [0.717, 1.165) is 0 Å². The van der Waals surface area contributed by atoms with Crippen molar-refractivity contribution in [2.24, 2.45) is 9.98 Å². The van der Waals surface area contributed by atoms with Crippen LogP contribution < -0.4 is 10.7 Å². The van der Waals surface area contributed by atoms with Gasteiger partial charge in [-0.3, -0.25) is 0 Å². The SMILES string of the molecule is CC1(C(=O)O)N=c2cc(C#N)cc(C#N)c2=N1. The van der Waals surface area contributed by atoms with E-state index in [2.05, 4.69) is 9.98 Å². The normalized spacial score (nSPS) is 20.4. The minimum Gasteiger partial charge on any atom is -0.478 e. The lowest BCUT2D eigenvalue weighted by Crippen LogP contribution is -2.29. The zero-order valence-corrected chi connectivity index (χ0v) is 8.80. The van der Waals surface area contributed by atoms with Crippen molar-refractivity contribution in [3.8, 4) is 12.1 Å². The fourth-order valence-electron chi connectivity index (χ4n) is 1.54. The topological polar surface area (TPSA) is 110 Å². The largest absolute Gasteiger partial charge is 0.478 e. The summed E-state index contributed by atoms with van der Waals surface area (Å²) in [5, 5.41) is 27.2. The van der Waals surface area contributed by atoms with E-state index in [1.54, 1.807) is 0 Å². The predicted octanol–water partition coefficient (Wildman–Crippen LogP) is -0.516. The van der Waals surface area contributed by atoms with Gasteiger partial charge in [0.05, 0.1) is 22.6 Å². The molecular formula is C11H6N4O2. The maximum absolute atomic E-state index is 11.0. The summed E-state index contributed by atoms with van der Waals surface area (Å²) in [5.74, 6) is -1.20. The lowest BCUT2D eigenvalue weighted by Gasteiger charge is -2.09. The Balaban J connectivity index is 2.85. The van der Waals surface area contributed by atoms with E-state index in [1.807, 2.05) is 12.1 Å². The number of benzene rings is 1. The lowest BCUT2D eigenvalue weighted by molar-refractivity contribution is -0.142. The number of fused-ring (bicyclic) bond motifs is 1. The second-order valence-corrected chi connectivity index (χ2v) is 3.66. The maximum atomic E-state index is 11.0. The molecule has 6 nitrogen and oxygen atoms in total. The summed E-state index contributed by atoms with van der Waals surface area (Å²) in [6.07, 6.45) is 0. The first-order valence-electron chi connectivity index (χ1n) is 4.67. The Hall–Kier alpha value is -2.73. The molecule has 2 rings (SSSR count). The second-order valence-electron chi connectivity index (χ2n) is 3.66. The molecule has 0 fully saturated rings. The average Bonchev–Trinajstić information content (AvgIpc) is 2.65. The highest BCUT2D eigenvalue weighted by Gasteiger charge is 2.34. The van der Waals surface area contributed by atoms with Gasteiger partial charge in [0.2, 0.25) is 5.66 Å². The van der Waals surface area contributed by atoms with Crippen molar-refractivity contribution in [1.29, 1.82) is 10.5 Å². The van der Waals surface area contributed by atoms with Crippen molar-refractivity contribution < 1.29 is 9.90 Å². The fourth-order valence-corrected chi connectivity index (χ4v) is 1.54. The van der Waals surface area contributed by atoms with Gasteiger partial charge in [-0.25, -0.2) is 14.8 Å². The zero-order chi connectivity index (χ0) is 12.6. The van der Waals surface area contributed by atoms with E-state index in [4.69, 9.17) is 15.6 Å². The van der Waals surface area contributed by atoms with Crippen LogP contribution >= 0.6 is 0 Å². The molecule has 1 aliphatic heterocycles. The minimum atomic E-state index is -1.61. The van der Waals surface area contributed by atoms with Crippen molar-refractivity contribution in [2.45, 2.75) is 12.6 Å². The van der Waals surface area contributed by atoms with E-state index in [1.165, 1.54) is 19.1 Å². The summed E-state index contributed by atoms with van der Waals surface area (Å²) in [7, 11) is 0. The molecule has 1 aromatic carbocycles. The van der Waals surface area contributed by atoms with Gasteiger partial charge in [0, 0.05) is 0 Å². The summed E-state index contributed by atoms with van der Waals surface area (Å²) in [6, 6.07) is 6.56. The van der Waals surface area contributed by atoms with E-state index in [0.29, 0.717) is 0 Å². The summed E-state index contributed by atoms with van der Waals surface area (Å²) in [5.41, 5.74) is -1.19.